The van der Waals surface area contributed by atoms with Crippen molar-refractivity contribution in [2.45, 2.75) is 0 Å². The van der Waals surface area contributed by atoms with E-state index in [2.05, 4.69) is 10.6 Å². The predicted octanol–water partition coefficient (Wildman–Crippen LogP) is 2.98. The summed E-state index contributed by atoms with van der Waals surface area (Å²) >= 11 is 5.31. The van der Waals surface area contributed by atoms with Gasteiger partial charge < -0.3 is 15.5 Å². The van der Waals surface area contributed by atoms with Crippen LogP contribution >= 0.6 is 12.2 Å². The van der Waals surface area contributed by atoms with E-state index in [-0.39, 0.29) is 23.3 Å². The molecule has 1 aliphatic heterocycles. The number of nitrogens with zero attached hydrogens (tertiary/aromatic N) is 1. The lowest BCUT2D eigenvalue weighted by Crippen LogP contribution is -2.44. The number of hydrogen-bond donors (Lipinski definition) is 2. The topological polar surface area (TPSA) is 44.4 Å². The summed E-state index contributed by atoms with van der Waals surface area (Å²) in [7, 11) is 0. The summed E-state index contributed by atoms with van der Waals surface area (Å²) in [4.78, 5) is 13.4. The van der Waals surface area contributed by atoms with Crippen LogP contribution in [0.25, 0.3) is 0 Å². The number of fused-ring (bicyclic) bond motifs is 1. The van der Waals surface area contributed by atoms with Crippen LogP contribution in [0.1, 0.15) is 0 Å². The van der Waals surface area contributed by atoms with Crippen molar-refractivity contribution >= 4 is 40.3 Å². The first-order chi connectivity index (χ1) is 10.1. The van der Waals surface area contributed by atoms with Gasteiger partial charge in [-0.1, -0.05) is 24.3 Å². The molecule has 6 heteroatoms. The average Bonchev–Trinajstić information content (AvgIpc) is 2.48. The zero-order valence-corrected chi connectivity index (χ0v) is 11.8. The molecule has 1 aliphatic rings. The standard InChI is InChI=1S/C15H12FN3OS/c16-10-5-1-2-6-11(10)18-15(21)19-9-14(20)17-12-7-3-4-8-13(12)19/h1-8H,9H2,(H,17,20)(H,18,21). The maximum absolute atomic E-state index is 13.7. The highest BCUT2D eigenvalue weighted by Gasteiger charge is 2.24. The van der Waals surface area contributed by atoms with Gasteiger partial charge in [0.15, 0.2) is 5.11 Å². The molecule has 0 fully saturated rings. The molecule has 0 aliphatic carbocycles. The van der Waals surface area contributed by atoms with Crippen molar-refractivity contribution < 1.29 is 9.18 Å². The first-order valence-electron chi connectivity index (χ1n) is 6.37. The number of amides is 1. The molecule has 0 aromatic heterocycles. The molecule has 0 unspecified atom stereocenters. The fraction of sp³-hybridized carbons (Fsp3) is 0.0667. The van der Waals surface area contributed by atoms with Crippen molar-refractivity contribution in [2.24, 2.45) is 0 Å². The molecular weight excluding hydrogens is 289 g/mol. The van der Waals surface area contributed by atoms with Crippen LogP contribution in [-0.4, -0.2) is 17.6 Å². The maximum atomic E-state index is 13.7. The molecule has 106 valence electrons. The third kappa shape index (κ3) is 2.71. The lowest BCUT2D eigenvalue weighted by atomic mass is 10.2. The van der Waals surface area contributed by atoms with Crippen molar-refractivity contribution in [3.05, 3.63) is 54.3 Å². The van der Waals surface area contributed by atoms with Gasteiger partial charge in [-0.2, -0.15) is 0 Å². The first-order valence-corrected chi connectivity index (χ1v) is 6.78. The monoisotopic (exact) mass is 301 g/mol. The number of para-hydroxylation sites is 3. The van der Waals surface area contributed by atoms with E-state index in [4.69, 9.17) is 12.2 Å². The van der Waals surface area contributed by atoms with Gasteiger partial charge in [0.1, 0.15) is 12.4 Å². The van der Waals surface area contributed by atoms with Crippen LogP contribution in [0.5, 0.6) is 0 Å². The Labute approximate surface area is 126 Å². The van der Waals surface area contributed by atoms with Crippen molar-refractivity contribution in [3.63, 3.8) is 0 Å². The van der Waals surface area contributed by atoms with Crippen molar-refractivity contribution in [1.82, 2.24) is 0 Å². The van der Waals surface area contributed by atoms with Gasteiger partial charge in [0, 0.05) is 0 Å². The fourth-order valence-corrected chi connectivity index (χ4v) is 2.43. The van der Waals surface area contributed by atoms with Gasteiger partial charge in [0.05, 0.1) is 17.1 Å². The quantitative estimate of drug-likeness (QED) is 0.795. The number of carbonyl (C=O) groups excluding carboxylic acids is 1. The van der Waals surface area contributed by atoms with Crippen molar-refractivity contribution in [2.75, 3.05) is 22.1 Å². The minimum Gasteiger partial charge on any atom is -0.330 e. The maximum Gasteiger partial charge on any atom is 0.244 e. The predicted molar refractivity (Wildman–Crippen MR) is 85.0 cm³/mol. The molecule has 3 rings (SSSR count). The normalized spacial score (nSPS) is 13.4. The molecule has 0 saturated carbocycles. The summed E-state index contributed by atoms with van der Waals surface area (Å²) in [6, 6.07) is 13.6. The number of rotatable bonds is 1. The SMILES string of the molecule is O=C1CN(C(=S)Nc2ccccc2F)c2ccccc2N1. The number of anilines is 3. The Morgan fingerprint density at radius 3 is 2.71 bits per heavy atom. The molecule has 0 saturated heterocycles. The Morgan fingerprint density at radius 2 is 1.90 bits per heavy atom. The molecule has 2 aromatic carbocycles. The van der Waals surface area contributed by atoms with Crippen LogP contribution in [0.4, 0.5) is 21.5 Å². The minimum atomic E-state index is -0.394. The van der Waals surface area contributed by atoms with Crippen LogP contribution in [0.3, 0.4) is 0 Å². The van der Waals surface area contributed by atoms with E-state index in [1.807, 2.05) is 18.2 Å². The highest BCUT2D eigenvalue weighted by atomic mass is 32.1. The Hall–Kier alpha value is -2.47. The van der Waals surface area contributed by atoms with E-state index < -0.39 is 5.82 Å². The van der Waals surface area contributed by atoms with Crippen LogP contribution in [0.15, 0.2) is 48.5 Å². The smallest absolute Gasteiger partial charge is 0.244 e. The second-order valence-corrected chi connectivity index (χ2v) is 4.95. The van der Waals surface area contributed by atoms with E-state index >= 15 is 0 Å². The van der Waals surface area contributed by atoms with Gasteiger partial charge in [-0.3, -0.25) is 4.79 Å². The van der Waals surface area contributed by atoms with Crippen molar-refractivity contribution in [3.8, 4) is 0 Å². The number of nitrogens with one attached hydrogen (secondary N) is 2. The van der Waals surface area contributed by atoms with Gasteiger partial charge in [-0.15, -0.1) is 0 Å². The van der Waals surface area contributed by atoms with E-state index in [0.717, 1.165) is 5.69 Å². The summed E-state index contributed by atoms with van der Waals surface area (Å²) in [6.07, 6.45) is 0. The lowest BCUT2D eigenvalue weighted by molar-refractivity contribution is -0.115. The zero-order valence-electron chi connectivity index (χ0n) is 11.0. The fourth-order valence-electron chi connectivity index (χ4n) is 2.16. The second kappa shape index (κ2) is 5.49. The molecular formula is C15H12FN3OS. The molecule has 1 amide bonds. The molecule has 4 nitrogen and oxygen atoms in total. The molecule has 0 radical (unpaired) electrons. The highest BCUT2D eigenvalue weighted by Crippen LogP contribution is 2.29. The van der Waals surface area contributed by atoms with Gasteiger partial charge in [0.25, 0.3) is 0 Å². The molecule has 0 atom stereocenters. The summed E-state index contributed by atoms with van der Waals surface area (Å²) in [6.45, 7) is 0.0945. The summed E-state index contributed by atoms with van der Waals surface area (Å²) < 4.78 is 13.7. The number of thiocarbonyl (C=S) groups is 1. The van der Waals surface area contributed by atoms with Gasteiger partial charge >= 0.3 is 0 Å². The zero-order chi connectivity index (χ0) is 14.8. The highest BCUT2D eigenvalue weighted by molar-refractivity contribution is 7.80. The Kier molecular flexibility index (Phi) is 3.53. The van der Waals surface area contributed by atoms with Crippen LogP contribution < -0.4 is 15.5 Å². The molecule has 0 bridgehead atoms. The van der Waals surface area contributed by atoms with Gasteiger partial charge in [-0.25, -0.2) is 4.39 Å². The van der Waals surface area contributed by atoms with Crippen molar-refractivity contribution in [1.29, 1.82) is 0 Å². The van der Waals surface area contributed by atoms with Gasteiger partial charge in [-0.05, 0) is 36.5 Å². The van der Waals surface area contributed by atoms with E-state index in [9.17, 15) is 9.18 Å². The number of halogens is 1. The first kappa shape index (κ1) is 13.5. The van der Waals surface area contributed by atoms with Gasteiger partial charge in [0.2, 0.25) is 5.91 Å². The third-order valence-corrected chi connectivity index (χ3v) is 3.45. The Morgan fingerprint density at radius 1 is 1.19 bits per heavy atom. The number of carbonyl (C=O) groups is 1. The Balaban J connectivity index is 1.88. The molecule has 2 aromatic rings. The van der Waals surface area contributed by atoms with Crippen LogP contribution in [-0.2, 0) is 4.79 Å². The minimum absolute atomic E-state index is 0.0945. The molecule has 2 N–H and O–H groups in total. The average molecular weight is 301 g/mol. The number of benzene rings is 2. The lowest BCUT2D eigenvalue weighted by Gasteiger charge is -2.31. The largest absolute Gasteiger partial charge is 0.330 e. The number of hydrogen-bond acceptors (Lipinski definition) is 2. The summed E-state index contributed by atoms with van der Waals surface area (Å²) in [5.41, 5.74) is 1.75. The molecule has 21 heavy (non-hydrogen) atoms. The summed E-state index contributed by atoms with van der Waals surface area (Å²) in [5.74, 6) is -0.555. The molecule has 1 heterocycles. The third-order valence-electron chi connectivity index (χ3n) is 3.13. The van der Waals surface area contributed by atoms with Crippen LogP contribution in [0.2, 0.25) is 0 Å². The Bertz CT molecular complexity index is 720. The second-order valence-electron chi connectivity index (χ2n) is 4.56. The van der Waals surface area contributed by atoms with E-state index in [1.54, 1.807) is 29.2 Å². The summed E-state index contributed by atoms with van der Waals surface area (Å²) in [5, 5.41) is 5.90. The van der Waals surface area contributed by atoms with E-state index in [0.29, 0.717) is 5.69 Å². The van der Waals surface area contributed by atoms with Crippen LogP contribution in [0, 0.1) is 5.82 Å². The van der Waals surface area contributed by atoms with E-state index in [1.165, 1.54) is 6.07 Å². The molecule has 0 spiro atoms.